The molecule has 2 aromatic rings. The first-order valence-electron chi connectivity index (χ1n) is 6.56. The molecule has 23 heavy (non-hydrogen) atoms. The van der Waals surface area contributed by atoms with Crippen LogP contribution in [0.25, 0.3) is 0 Å². The van der Waals surface area contributed by atoms with Crippen molar-refractivity contribution >= 4 is 34.1 Å². The summed E-state index contributed by atoms with van der Waals surface area (Å²) in [5.41, 5.74) is 5.77. The maximum atomic E-state index is 12.1. The number of rotatable bonds is 6. The summed E-state index contributed by atoms with van der Waals surface area (Å²) in [6.45, 7) is 3.39. The zero-order chi connectivity index (χ0) is 17.0. The number of thiophene rings is 1. The Labute approximate surface area is 134 Å². The summed E-state index contributed by atoms with van der Waals surface area (Å²) < 4.78 is 4.95. The first kappa shape index (κ1) is 16.5. The molecular formula is C12H14N6O4S. The quantitative estimate of drug-likeness (QED) is 0.628. The highest BCUT2D eigenvalue weighted by Gasteiger charge is 2.25. The van der Waals surface area contributed by atoms with Crippen molar-refractivity contribution in [3.8, 4) is 0 Å². The van der Waals surface area contributed by atoms with Crippen LogP contribution in [-0.4, -0.2) is 45.0 Å². The van der Waals surface area contributed by atoms with Crippen LogP contribution in [0.3, 0.4) is 0 Å². The van der Waals surface area contributed by atoms with E-state index in [0.717, 1.165) is 11.3 Å². The highest BCUT2D eigenvalue weighted by Crippen LogP contribution is 2.33. The van der Waals surface area contributed by atoms with Gasteiger partial charge in [0.25, 0.3) is 5.91 Å². The smallest absolute Gasteiger partial charge is 0.341 e. The number of hydrogen-bond acceptors (Lipinski definition) is 8. The number of aromatic amines is 1. The summed E-state index contributed by atoms with van der Waals surface area (Å²) in [4.78, 5) is 35.7. The number of carbonyl (C=O) groups excluding carboxylic acids is 3. The molecule has 0 aromatic carbocycles. The molecule has 0 spiro atoms. The molecule has 0 fully saturated rings. The molecule has 2 amide bonds. The monoisotopic (exact) mass is 338 g/mol. The Kier molecular flexibility index (Phi) is 5.01. The summed E-state index contributed by atoms with van der Waals surface area (Å²) in [5.74, 6) is -1.59. The molecule has 0 atom stereocenters. The molecule has 11 heteroatoms. The molecule has 2 rings (SSSR count). The van der Waals surface area contributed by atoms with Gasteiger partial charge in [-0.3, -0.25) is 9.59 Å². The number of anilines is 1. The fourth-order valence-corrected chi connectivity index (χ4v) is 2.92. The summed E-state index contributed by atoms with van der Waals surface area (Å²) in [5, 5.41) is 15.7. The van der Waals surface area contributed by atoms with Crippen LogP contribution in [0.5, 0.6) is 0 Å². The van der Waals surface area contributed by atoms with Crippen LogP contribution in [0.15, 0.2) is 0 Å². The largest absolute Gasteiger partial charge is 0.462 e. The van der Waals surface area contributed by atoms with Gasteiger partial charge in [-0.05, 0) is 19.4 Å². The van der Waals surface area contributed by atoms with Crippen LogP contribution >= 0.6 is 11.3 Å². The van der Waals surface area contributed by atoms with Crippen molar-refractivity contribution in [1.29, 1.82) is 0 Å². The van der Waals surface area contributed by atoms with Crippen molar-refractivity contribution in [2.24, 2.45) is 5.73 Å². The van der Waals surface area contributed by atoms with E-state index in [1.54, 1.807) is 13.8 Å². The summed E-state index contributed by atoms with van der Waals surface area (Å²) in [6, 6.07) is 0. The number of primary amides is 1. The highest BCUT2D eigenvalue weighted by molar-refractivity contribution is 7.18. The number of esters is 1. The van der Waals surface area contributed by atoms with Gasteiger partial charge in [-0.15, -0.1) is 21.5 Å². The zero-order valence-electron chi connectivity index (χ0n) is 12.4. The van der Waals surface area contributed by atoms with Crippen molar-refractivity contribution in [3.05, 3.63) is 21.8 Å². The lowest BCUT2D eigenvalue weighted by atomic mass is 10.1. The maximum Gasteiger partial charge on any atom is 0.341 e. The van der Waals surface area contributed by atoms with E-state index < -0.39 is 17.8 Å². The van der Waals surface area contributed by atoms with Gasteiger partial charge in [0.05, 0.1) is 23.5 Å². The van der Waals surface area contributed by atoms with Crippen LogP contribution in [0.1, 0.15) is 38.3 Å². The van der Waals surface area contributed by atoms with E-state index in [0.29, 0.717) is 5.56 Å². The van der Waals surface area contributed by atoms with Crippen LogP contribution < -0.4 is 11.1 Å². The third kappa shape index (κ3) is 3.69. The molecule has 2 heterocycles. The number of nitrogens with zero attached hydrogens (tertiary/aromatic N) is 3. The molecule has 0 saturated carbocycles. The SMILES string of the molecule is CCOC(=O)c1c(NC(=O)Cc2nn[nH]n2)sc(C(N)=O)c1C. The van der Waals surface area contributed by atoms with Gasteiger partial charge in [-0.1, -0.05) is 5.21 Å². The maximum absolute atomic E-state index is 12.1. The Morgan fingerprint density at radius 3 is 2.70 bits per heavy atom. The summed E-state index contributed by atoms with van der Waals surface area (Å²) in [7, 11) is 0. The Morgan fingerprint density at radius 2 is 2.13 bits per heavy atom. The molecule has 0 aliphatic heterocycles. The molecule has 0 bridgehead atoms. The first-order chi connectivity index (χ1) is 10.9. The number of nitrogens with two attached hydrogens (primary N) is 1. The molecule has 10 nitrogen and oxygen atoms in total. The van der Waals surface area contributed by atoms with Gasteiger partial charge in [-0.2, -0.15) is 5.21 Å². The van der Waals surface area contributed by atoms with Crippen LogP contribution in [0.2, 0.25) is 0 Å². The average molecular weight is 338 g/mol. The van der Waals surface area contributed by atoms with E-state index in [9.17, 15) is 14.4 Å². The average Bonchev–Trinajstić information content (AvgIpc) is 3.07. The van der Waals surface area contributed by atoms with Crippen LogP contribution in [-0.2, 0) is 16.0 Å². The summed E-state index contributed by atoms with van der Waals surface area (Å²) in [6.07, 6.45) is -0.137. The molecule has 0 unspecified atom stereocenters. The third-order valence-electron chi connectivity index (χ3n) is 2.81. The topological polar surface area (TPSA) is 153 Å². The van der Waals surface area contributed by atoms with Gasteiger partial charge >= 0.3 is 5.97 Å². The van der Waals surface area contributed by atoms with E-state index in [2.05, 4.69) is 25.9 Å². The minimum Gasteiger partial charge on any atom is -0.462 e. The normalized spacial score (nSPS) is 10.3. The van der Waals surface area contributed by atoms with Gasteiger partial charge in [0.15, 0.2) is 5.82 Å². The standard InChI is InChI=1S/C12H14N6O4S/c1-3-22-12(21)8-5(2)9(10(13)20)23-11(8)14-7(19)4-6-15-17-18-16-6/h3-4H2,1-2H3,(H2,13,20)(H,14,19)(H,15,16,17,18). The number of carbonyl (C=O) groups is 3. The van der Waals surface area contributed by atoms with Crippen molar-refractivity contribution in [1.82, 2.24) is 20.6 Å². The fraction of sp³-hybridized carbons (Fsp3) is 0.333. The number of nitrogens with one attached hydrogen (secondary N) is 2. The Morgan fingerprint density at radius 1 is 1.39 bits per heavy atom. The number of hydrogen-bond donors (Lipinski definition) is 3. The minimum atomic E-state index is -0.684. The van der Waals surface area contributed by atoms with Crippen LogP contribution in [0, 0.1) is 6.92 Å². The molecule has 0 radical (unpaired) electrons. The van der Waals surface area contributed by atoms with E-state index in [4.69, 9.17) is 10.5 Å². The summed E-state index contributed by atoms with van der Waals surface area (Å²) >= 11 is 0.918. The predicted octanol–water partition coefficient (Wildman–Crippen LogP) is 0.0264. The second-order valence-electron chi connectivity index (χ2n) is 4.40. The number of ether oxygens (including phenoxy) is 1. The van der Waals surface area contributed by atoms with Gasteiger partial charge in [0.1, 0.15) is 5.00 Å². The zero-order valence-corrected chi connectivity index (χ0v) is 13.2. The first-order valence-corrected chi connectivity index (χ1v) is 7.38. The number of aromatic nitrogens is 4. The van der Waals surface area contributed by atoms with Gasteiger partial charge < -0.3 is 15.8 Å². The van der Waals surface area contributed by atoms with E-state index in [-0.39, 0.29) is 34.3 Å². The highest BCUT2D eigenvalue weighted by atomic mass is 32.1. The third-order valence-corrected chi connectivity index (χ3v) is 4.03. The van der Waals surface area contributed by atoms with E-state index >= 15 is 0 Å². The number of tetrazole rings is 1. The lowest BCUT2D eigenvalue weighted by Crippen LogP contribution is -2.17. The van der Waals surface area contributed by atoms with Crippen molar-refractivity contribution in [2.75, 3.05) is 11.9 Å². The Hall–Kier alpha value is -2.82. The molecule has 122 valence electrons. The Balaban J connectivity index is 2.28. The molecule has 4 N–H and O–H groups in total. The van der Waals surface area contributed by atoms with Crippen molar-refractivity contribution in [2.45, 2.75) is 20.3 Å². The van der Waals surface area contributed by atoms with Crippen LogP contribution in [0.4, 0.5) is 5.00 Å². The van der Waals surface area contributed by atoms with Crippen molar-refractivity contribution in [3.63, 3.8) is 0 Å². The lowest BCUT2D eigenvalue weighted by Gasteiger charge is -2.06. The van der Waals surface area contributed by atoms with Gasteiger partial charge in [0, 0.05) is 0 Å². The predicted molar refractivity (Wildman–Crippen MR) is 80.0 cm³/mol. The number of H-pyrrole nitrogens is 1. The fourth-order valence-electron chi connectivity index (χ4n) is 1.86. The Bertz CT molecular complexity index is 739. The minimum absolute atomic E-state index is 0.118. The number of amides is 2. The molecule has 0 aliphatic carbocycles. The lowest BCUT2D eigenvalue weighted by molar-refractivity contribution is -0.115. The molecule has 0 aliphatic rings. The van der Waals surface area contributed by atoms with Crippen molar-refractivity contribution < 1.29 is 19.1 Å². The second kappa shape index (κ2) is 6.96. The second-order valence-corrected chi connectivity index (χ2v) is 5.42. The van der Waals surface area contributed by atoms with Gasteiger partial charge in [-0.25, -0.2) is 4.79 Å². The molecule has 2 aromatic heterocycles. The van der Waals surface area contributed by atoms with E-state index in [1.165, 1.54) is 0 Å². The van der Waals surface area contributed by atoms with E-state index in [1.807, 2.05) is 0 Å². The molecule has 0 saturated heterocycles. The molecular weight excluding hydrogens is 324 g/mol. The van der Waals surface area contributed by atoms with Gasteiger partial charge in [0.2, 0.25) is 5.91 Å².